The van der Waals surface area contributed by atoms with Crippen molar-refractivity contribution in [2.45, 2.75) is 6.54 Å². The average molecular weight is 401 g/mol. The number of carbonyl (C=O) groups excluding carboxylic acids is 1. The smallest absolute Gasteiger partial charge is 0.256 e. The van der Waals surface area contributed by atoms with Crippen LogP contribution in [0.2, 0.25) is 5.02 Å². The number of hydrogen-bond donors (Lipinski definition) is 0. The molecule has 4 rings (SSSR count). The standard InChI is InChI=1S/C20H18ClFN4O2/c21-15-6-7-17(22)16(12-15)20(27)26-10-8-25(9-11-26)13-18-23-24-19(28-18)14-4-2-1-3-5-14/h1-7,12H,8-11,13H2. The van der Waals surface area contributed by atoms with Gasteiger partial charge in [-0.05, 0) is 30.3 Å². The Morgan fingerprint density at radius 2 is 1.82 bits per heavy atom. The number of piperazine rings is 1. The molecule has 144 valence electrons. The molecule has 0 saturated carbocycles. The van der Waals surface area contributed by atoms with E-state index in [0.29, 0.717) is 49.5 Å². The molecule has 0 spiro atoms. The van der Waals surface area contributed by atoms with Crippen molar-refractivity contribution in [1.29, 1.82) is 0 Å². The van der Waals surface area contributed by atoms with Crippen molar-refractivity contribution in [3.05, 3.63) is 70.8 Å². The number of halogens is 2. The lowest BCUT2D eigenvalue weighted by molar-refractivity contribution is 0.0614. The summed E-state index contributed by atoms with van der Waals surface area (Å²) in [6.45, 7) is 2.76. The first-order valence-corrected chi connectivity index (χ1v) is 9.32. The first-order chi connectivity index (χ1) is 13.6. The van der Waals surface area contributed by atoms with Crippen LogP contribution in [0.4, 0.5) is 4.39 Å². The number of hydrogen-bond acceptors (Lipinski definition) is 5. The highest BCUT2D eigenvalue weighted by Crippen LogP contribution is 2.20. The minimum Gasteiger partial charge on any atom is -0.419 e. The van der Waals surface area contributed by atoms with E-state index in [9.17, 15) is 9.18 Å². The van der Waals surface area contributed by atoms with E-state index in [1.807, 2.05) is 30.3 Å². The summed E-state index contributed by atoms with van der Waals surface area (Å²) >= 11 is 5.89. The van der Waals surface area contributed by atoms with E-state index >= 15 is 0 Å². The fourth-order valence-corrected chi connectivity index (χ4v) is 3.32. The van der Waals surface area contributed by atoms with Gasteiger partial charge in [0.15, 0.2) is 0 Å². The fraction of sp³-hybridized carbons (Fsp3) is 0.250. The molecule has 6 nitrogen and oxygen atoms in total. The monoisotopic (exact) mass is 400 g/mol. The van der Waals surface area contributed by atoms with E-state index < -0.39 is 5.82 Å². The second-order valence-electron chi connectivity index (χ2n) is 6.56. The summed E-state index contributed by atoms with van der Waals surface area (Å²) in [7, 11) is 0. The van der Waals surface area contributed by atoms with Crippen molar-refractivity contribution in [3.8, 4) is 11.5 Å². The molecule has 3 aromatic rings. The van der Waals surface area contributed by atoms with Crippen molar-refractivity contribution >= 4 is 17.5 Å². The summed E-state index contributed by atoms with van der Waals surface area (Å²) in [6.07, 6.45) is 0. The Morgan fingerprint density at radius 3 is 2.57 bits per heavy atom. The zero-order valence-electron chi connectivity index (χ0n) is 15.0. The molecular formula is C20H18ClFN4O2. The molecule has 1 saturated heterocycles. The predicted molar refractivity (Wildman–Crippen MR) is 102 cm³/mol. The molecular weight excluding hydrogens is 383 g/mol. The molecule has 1 aromatic heterocycles. The second kappa shape index (κ2) is 8.08. The SMILES string of the molecule is O=C(c1cc(Cl)ccc1F)N1CCN(Cc2nnc(-c3ccccc3)o2)CC1. The van der Waals surface area contributed by atoms with Gasteiger partial charge in [0.25, 0.3) is 5.91 Å². The van der Waals surface area contributed by atoms with Gasteiger partial charge in [-0.25, -0.2) is 4.39 Å². The van der Waals surface area contributed by atoms with Crippen LogP contribution >= 0.6 is 11.6 Å². The Bertz CT molecular complexity index is 971. The lowest BCUT2D eigenvalue weighted by atomic mass is 10.1. The van der Waals surface area contributed by atoms with E-state index in [2.05, 4.69) is 15.1 Å². The third-order valence-corrected chi connectivity index (χ3v) is 4.90. The van der Waals surface area contributed by atoms with E-state index in [1.54, 1.807) is 4.90 Å². The van der Waals surface area contributed by atoms with Gasteiger partial charge in [0.1, 0.15) is 5.82 Å². The van der Waals surface area contributed by atoms with E-state index in [-0.39, 0.29) is 11.5 Å². The minimum absolute atomic E-state index is 0.00496. The van der Waals surface area contributed by atoms with Crippen LogP contribution in [0.15, 0.2) is 52.9 Å². The number of aromatic nitrogens is 2. The van der Waals surface area contributed by atoms with Crippen LogP contribution in [-0.2, 0) is 6.54 Å². The third-order valence-electron chi connectivity index (χ3n) is 4.66. The van der Waals surface area contributed by atoms with Gasteiger partial charge in [0.2, 0.25) is 11.8 Å². The highest BCUT2D eigenvalue weighted by molar-refractivity contribution is 6.31. The molecule has 0 N–H and O–H groups in total. The molecule has 0 aliphatic carbocycles. The third kappa shape index (κ3) is 4.05. The van der Waals surface area contributed by atoms with Gasteiger partial charge in [-0.15, -0.1) is 10.2 Å². The van der Waals surface area contributed by atoms with Crippen LogP contribution in [0.3, 0.4) is 0 Å². The zero-order valence-corrected chi connectivity index (χ0v) is 15.8. The van der Waals surface area contributed by atoms with Crippen molar-refractivity contribution in [2.24, 2.45) is 0 Å². The molecule has 2 aromatic carbocycles. The van der Waals surface area contributed by atoms with Gasteiger partial charge < -0.3 is 9.32 Å². The van der Waals surface area contributed by atoms with Gasteiger partial charge in [-0.3, -0.25) is 9.69 Å². The second-order valence-corrected chi connectivity index (χ2v) is 7.00. The van der Waals surface area contributed by atoms with Crippen molar-refractivity contribution in [2.75, 3.05) is 26.2 Å². The summed E-state index contributed by atoms with van der Waals surface area (Å²) in [4.78, 5) is 16.3. The number of carbonyl (C=O) groups is 1. The van der Waals surface area contributed by atoms with Crippen LogP contribution in [0.1, 0.15) is 16.2 Å². The Morgan fingerprint density at radius 1 is 1.07 bits per heavy atom. The summed E-state index contributed by atoms with van der Waals surface area (Å²) < 4.78 is 19.7. The largest absolute Gasteiger partial charge is 0.419 e. The van der Waals surface area contributed by atoms with E-state index in [0.717, 1.165) is 5.56 Å². The van der Waals surface area contributed by atoms with Crippen molar-refractivity contribution in [1.82, 2.24) is 20.0 Å². The molecule has 0 radical (unpaired) electrons. The normalized spacial score (nSPS) is 15.0. The summed E-state index contributed by atoms with van der Waals surface area (Å²) in [5.74, 6) is 0.111. The molecule has 1 amide bonds. The molecule has 28 heavy (non-hydrogen) atoms. The highest BCUT2D eigenvalue weighted by Gasteiger charge is 2.25. The molecule has 0 unspecified atom stereocenters. The van der Waals surface area contributed by atoms with Gasteiger partial charge in [0.05, 0.1) is 12.1 Å². The van der Waals surface area contributed by atoms with Crippen LogP contribution in [0.25, 0.3) is 11.5 Å². The molecule has 1 fully saturated rings. The first kappa shape index (κ1) is 18.6. The van der Waals surface area contributed by atoms with Crippen LogP contribution in [0.5, 0.6) is 0 Å². The molecule has 8 heteroatoms. The summed E-state index contributed by atoms with van der Waals surface area (Å²) in [5, 5.41) is 8.54. The molecule has 1 aliphatic rings. The predicted octanol–water partition coefficient (Wildman–Crippen LogP) is 3.49. The summed E-state index contributed by atoms with van der Waals surface area (Å²) in [5.41, 5.74) is 0.880. The van der Waals surface area contributed by atoms with Crippen LogP contribution in [0, 0.1) is 5.82 Å². The maximum absolute atomic E-state index is 13.9. The Kier molecular flexibility index (Phi) is 5.36. The van der Waals surface area contributed by atoms with E-state index in [4.69, 9.17) is 16.0 Å². The Labute approximate surface area is 166 Å². The lowest BCUT2D eigenvalue weighted by Crippen LogP contribution is -2.48. The molecule has 0 bridgehead atoms. The summed E-state index contributed by atoms with van der Waals surface area (Å²) in [6, 6.07) is 13.6. The zero-order chi connectivity index (χ0) is 19.5. The number of nitrogens with zero attached hydrogens (tertiary/aromatic N) is 4. The topological polar surface area (TPSA) is 62.5 Å². The van der Waals surface area contributed by atoms with Crippen molar-refractivity contribution < 1.29 is 13.6 Å². The fourth-order valence-electron chi connectivity index (χ4n) is 3.15. The van der Waals surface area contributed by atoms with Gasteiger partial charge >= 0.3 is 0 Å². The van der Waals surface area contributed by atoms with Crippen LogP contribution in [-0.4, -0.2) is 52.1 Å². The number of benzene rings is 2. The van der Waals surface area contributed by atoms with Crippen molar-refractivity contribution in [3.63, 3.8) is 0 Å². The number of rotatable bonds is 4. The van der Waals surface area contributed by atoms with Crippen LogP contribution < -0.4 is 0 Å². The Balaban J connectivity index is 1.35. The Hall–Kier alpha value is -2.77. The maximum Gasteiger partial charge on any atom is 0.256 e. The van der Waals surface area contributed by atoms with Gasteiger partial charge in [0, 0.05) is 36.8 Å². The van der Waals surface area contributed by atoms with Gasteiger partial charge in [-0.2, -0.15) is 0 Å². The minimum atomic E-state index is -0.559. The highest BCUT2D eigenvalue weighted by atomic mass is 35.5. The lowest BCUT2D eigenvalue weighted by Gasteiger charge is -2.34. The quantitative estimate of drug-likeness (QED) is 0.671. The molecule has 1 aliphatic heterocycles. The average Bonchev–Trinajstić information content (AvgIpc) is 3.19. The first-order valence-electron chi connectivity index (χ1n) is 8.94. The number of amides is 1. The van der Waals surface area contributed by atoms with E-state index in [1.165, 1.54) is 18.2 Å². The van der Waals surface area contributed by atoms with Gasteiger partial charge in [-0.1, -0.05) is 29.8 Å². The molecule has 2 heterocycles. The maximum atomic E-state index is 13.9. The molecule has 0 atom stereocenters.